The van der Waals surface area contributed by atoms with Gasteiger partial charge >= 0.3 is 6.18 Å². The van der Waals surface area contributed by atoms with Crippen molar-refractivity contribution >= 4 is 17.3 Å². The molecule has 0 spiro atoms. The first kappa shape index (κ1) is 18.6. The molecule has 0 aliphatic heterocycles. The average molecular weight is 352 g/mol. The van der Waals surface area contributed by atoms with Crippen LogP contribution in [0.2, 0.25) is 0 Å². The molecule has 0 aliphatic carbocycles. The number of alkyl halides is 3. The smallest absolute Gasteiger partial charge is 0.418 e. The van der Waals surface area contributed by atoms with Gasteiger partial charge in [0.2, 0.25) is 5.91 Å². The lowest BCUT2D eigenvalue weighted by atomic mass is 10.1. The van der Waals surface area contributed by atoms with Gasteiger partial charge in [-0.15, -0.1) is 0 Å². The summed E-state index contributed by atoms with van der Waals surface area (Å²) < 4.78 is 44.2. The molecule has 0 saturated carbocycles. The molecule has 0 unspecified atom stereocenters. The zero-order valence-corrected chi connectivity index (χ0v) is 13.7. The lowest BCUT2D eigenvalue weighted by Crippen LogP contribution is -2.19. The molecule has 2 aromatic carbocycles. The van der Waals surface area contributed by atoms with Crippen molar-refractivity contribution in [3.63, 3.8) is 0 Å². The second-order valence-electron chi connectivity index (χ2n) is 5.20. The van der Waals surface area contributed by atoms with E-state index < -0.39 is 17.6 Å². The number of benzene rings is 2. The fraction of sp³-hybridized carbons (Fsp3) is 0.278. The summed E-state index contributed by atoms with van der Waals surface area (Å²) in [6, 6.07) is 12.2. The van der Waals surface area contributed by atoms with Gasteiger partial charge in [0.05, 0.1) is 23.5 Å². The molecular formula is C18H19F3N2O2. The molecule has 4 nitrogen and oxygen atoms in total. The van der Waals surface area contributed by atoms with E-state index >= 15 is 0 Å². The molecule has 0 aromatic heterocycles. The van der Waals surface area contributed by atoms with Crippen LogP contribution in [0.25, 0.3) is 0 Å². The molecule has 134 valence electrons. The summed E-state index contributed by atoms with van der Waals surface area (Å²) in [7, 11) is 0. The second-order valence-corrected chi connectivity index (χ2v) is 5.20. The first-order valence-corrected chi connectivity index (χ1v) is 7.83. The minimum absolute atomic E-state index is 0.0205. The summed E-state index contributed by atoms with van der Waals surface area (Å²) in [4.78, 5) is 11.9. The lowest BCUT2D eigenvalue weighted by molar-refractivity contribution is -0.137. The van der Waals surface area contributed by atoms with E-state index in [1.54, 1.807) is 6.07 Å². The first-order valence-electron chi connectivity index (χ1n) is 7.83. The van der Waals surface area contributed by atoms with Crippen LogP contribution in [0.5, 0.6) is 5.75 Å². The van der Waals surface area contributed by atoms with Crippen molar-refractivity contribution in [2.75, 3.05) is 23.8 Å². The topological polar surface area (TPSA) is 50.4 Å². The number of carbonyl (C=O) groups is 1. The van der Waals surface area contributed by atoms with Gasteiger partial charge in [0.25, 0.3) is 0 Å². The normalized spacial score (nSPS) is 11.0. The van der Waals surface area contributed by atoms with Crippen molar-refractivity contribution in [2.45, 2.75) is 19.5 Å². The van der Waals surface area contributed by atoms with Crippen molar-refractivity contribution in [3.8, 4) is 5.75 Å². The van der Waals surface area contributed by atoms with E-state index in [-0.39, 0.29) is 18.7 Å². The molecule has 2 N–H and O–H groups in total. The Morgan fingerprint density at radius 3 is 2.36 bits per heavy atom. The number of carbonyl (C=O) groups excluding carboxylic acids is 1. The summed E-state index contributed by atoms with van der Waals surface area (Å²) in [6.07, 6.45) is -4.49. The van der Waals surface area contributed by atoms with Crippen LogP contribution in [0.1, 0.15) is 18.9 Å². The quantitative estimate of drug-likeness (QED) is 0.769. The van der Waals surface area contributed by atoms with Crippen molar-refractivity contribution in [1.82, 2.24) is 0 Å². The molecule has 25 heavy (non-hydrogen) atoms. The van der Waals surface area contributed by atoms with E-state index in [0.29, 0.717) is 12.4 Å². The number of anilines is 2. The van der Waals surface area contributed by atoms with Crippen LogP contribution in [-0.2, 0) is 11.0 Å². The molecule has 2 rings (SSSR count). The Hall–Kier alpha value is -2.70. The molecule has 0 heterocycles. The van der Waals surface area contributed by atoms with Crippen LogP contribution in [0.3, 0.4) is 0 Å². The Bertz CT molecular complexity index is 717. The Balaban J connectivity index is 1.92. The van der Waals surface area contributed by atoms with Crippen LogP contribution in [0.15, 0.2) is 48.5 Å². The molecule has 7 heteroatoms. The van der Waals surface area contributed by atoms with Crippen molar-refractivity contribution in [1.29, 1.82) is 0 Å². The average Bonchev–Trinajstić information content (AvgIpc) is 2.56. The zero-order chi connectivity index (χ0) is 18.3. The Labute approximate surface area is 144 Å². The summed E-state index contributed by atoms with van der Waals surface area (Å²) in [5, 5.41) is 5.36. The van der Waals surface area contributed by atoms with Crippen LogP contribution in [0, 0.1) is 0 Å². The molecule has 1 amide bonds. The third-order valence-electron chi connectivity index (χ3n) is 3.36. The molecule has 0 bridgehead atoms. The van der Waals surface area contributed by atoms with Crippen LogP contribution in [-0.4, -0.2) is 19.1 Å². The third-order valence-corrected chi connectivity index (χ3v) is 3.36. The number of rotatable bonds is 7. The summed E-state index contributed by atoms with van der Waals surface area (Å²) in [5.41, 5.74) is -0.374. The van der Waals surface area contributed by atoms with Gasteiger partial charge in [0.15, 0.2) is 0 Å². The number of halogens is 3. The number of ether oxygens (including phenoxy) is 1. The van der Waals surface area contributed by atoms with Gasteiger partial charge in [-0.05, 0) is 31.2 Å². The monoisotopic (exact) mass is 352 g/mol. The molecule has 0 atom stereocenters. The number of hydrogen-bond donors (Lipinski definition) is 2. The van der Waals surface area contributed by atoms with E-state index in [9.17, 15) is 18.0 Å². The predicted octanol–water partition coefficient (Wildman–Crippen LogP) is 4.54. The van der Waals surface area contributed by atoms with E-state index in [1.165, 1.54) is 18.2 Å². The molecule has 2 aromatic rings. The minimum Gasteiger partial charge on any atom is -0.492 e. The summed E-state index contributed by atoms with van der Waals surface area (Å²) in [6.45, 7) is 2.64. The Morgan fingerprint density at radius 1 is 1.04 bits per heavy atom. The van der Waals surface area contributed by atoms with Gasteiger partial charge in [-0.25, -0.2) is 0 Å². The summed E-state index contributed by atoms with van der Waals surface area (Å²) in [5.74, 6) is 0.158. The molecular weight excluding hydrogens is 333 g/mol. The molecule has 0 radical (unpaired) electrons. The number of para-hydroxylation sites is 3. The van der Waals surface area contributed by atoms with Crippen LogP contribution < -0.4 is 15.4 Å². The van der Waals surface area contributed by atoms with Gasteiger partial charge in [-0.3, -0.25) is 4.79 Å². The standard InChI is InChI=1S/C18H19F3N2O2/c1-2-25-16-10-6-5-9-15(16)22-12-11-17(24)23-14-8-4-3-7-13(14)18(19,20)21/h3-10,22H,2,11-12H2,1H3,(H,23,24). The maximum atomic E-state index is 12.9. The maximum Gasteiger partial charge on any atom is 0.418 e. The zero-order valence-electron chi connectivity index (χ0n) is 13.7. The van der Waals surface area contributed by atoms with Crippen molar-refractivity contribution < 1.29 is 22.7 Å². The highest BCUT2D eigenvalue weighted by Gasteiger charge is 2.33. The van der Waals surface area contributed by atoms with Crippen molar-refractivity contribution in [2.24, 2.45) is 0 Å². The van der Waals surface area contributed by atoms with Crippen LogP contribution in [0.4, 0.5) is 24.5 Å². The Kier molecular flexibility index (Phi) is 6.27. The van der Waals surface area contributed by atoms with E-state index in [4.69, 9.17) is 4.74 Å². The fourth-order valence-corrected chi connectivity index (χ4v) is 2.26. The van der Waals surface area contributed by atoms with Crippen LogP contribution >= 0.6 is 0 Å². The Morgan fingerprint density at radius 2 is 1.68 bits per heavy atom. The van der Waals surface area contributed by atoms with Crippen molar-refractivity contribution in [3.05, 3.63) is 54.1 Å². The highest BCUT2D eigenvalue weighted by atomic mass is 19.4. The number of amides is 1. The van der Waals surface area contributed by atoms with Gasteiger partial charge in [0.1, 0.15) is 5.75 Å². The SMILES string of the molecule is CCOc1ccccc1NCCC(=O)Nc1ccccc1C(F)(F)F. The predicted molar refractivity (Wildman–Crippen MR) is 90.8 cm³/mol. The number of hydrogen-bond acceptors (Lipinski definition) is 3. The van der Waals surface area contributed by atoms with E-state index in [1.807, 2.05) is 25.1 Å². The van der Waals surface area contributed by atoms with Gasteiger partial charge < -0.3 is 15.4 Å². The lowest BCUT2D eigenvalue weighted by Gasteiger charge is -2.14. The fourth-order valence-electron chi connectivity index (χ4n) is 2.26. The minimum atomic E-state index is -4.52. The molecule has 0 saturated heterocycles. The number of nitrogens with one attached hydrogen (secondary N) is 2. The van der Waals surface area contributed by atoms with E-state index in [0.717, 1.165) is 11.8 Å². The van der Waals surface area contributed by atoms with Gasteiger partial charge in [0, 0.05) is 13.0 Å². The molecule has 0 fully saturated rings. The highest BCUT2D eigenvalue weighted by molar-refractivity contribution is 5.91. The third kappa shape index (κ3) is 5.41. The second kappa shape index (κ2) is 8.41. The van der Waals surface area contributed by atoms with Gasteiger partial charge in [-0.2, -0.15) is 13.2 Å². The van der Waals surface area contributed by atoms with E-state index in [2.05, 4.69) is 10.6 Å². The van der Waals surface area contributed by atoms with Gasteiger partial charge in [-0.1, -0.05) is 24.3 Å². The molecule has 0 aliphatic rings. The maximum absolute atomic E-state index is 12.9. The largest absolute Gasteiger partial charge is 0.492 e. The summed E-state index contributed by atoms with van der Waals surface area (Å²) >= 11 is 0. The first-order chi connectivity index (χ1) is 11.9. The highest BCUT2D eigenvalue weighted by Crippen LogP contribution is 2.34.